The van der Waals surface area contributed by atoms with Crippen LogP contribution >= 0.6 is 7.82 Å². The lowest BCUT2D eigenvalue weighted by atomic mass is 10.0. The van der Waals surface area contributed by atoms with E-state index in [1.807, 2.05) is 19.0 Å². The standard InChI is InChI=1S/C45H82NO8P/c1-5-7-9-11-13-15-17-19-21-22-24-26-28-30-32-34-36-38-45(48)54-43(42-53-55(49,50)52-40-39-46(3)4)41-51-44(47)37-35-33-31-29-27-25-23-20-18-16-14-12-10-8-6-2/h7,9,13,15,19,21,24,26,43H,5-6,8,10-12,14,16-18,20,22-23,25,27-42H2,1-4H3,(H,49,50)/b9-7-,15-13-,21-19-,26-24-. The number of hydrogen-bond donors (Lipinski definition) is 1. The van der Waals surface area contributed by atoms with Gasteiger partial charge in [-0.15, -0.1) is 0 Å². The summed E-state index contributed by atoms with van der Waals surface area (Å²) in [6.07, 6.45) is 44.4. The molecule has 0 aromatic rings. The second kappa shape index (κ2) is 40.2. The number of nitrogens with zero attached hydrogens (tertiary/aromatic N) is 1. The largest absolute Gasteiger partial charge is 0.472 e. The molecule has 320 valence electrons. The second-order valence-corrected chi connectivity index (χ2v) is 16.3. The van der Waals surface area contributed by atoms with Crippen molar-refractivity contribution in [2.75, 3.05) is 40.5 Å². The number of carbonyl (C=O) groups excluding carboxylic acids is 2. The molecule has 2 unspecified atom stereocenters. The number of unbranched alkanes of at least 4 members (excludes halogenated alkanes) is 18. The highest BCUT2D eigenvalue weighted by Gasteiger charge is 2.26. The van der Waals surface area contributed by atoms with Gasteiger partial charge in [-0.05, 0) is 65.5 Å². The van der Waals surface area contributed by atoms with Crippen molar-refractivity contribution in [2.45, 2.75) is 187 Å². The van der Waals surface area contributed by atoms with Gasteiger partial charge in [0.05, 0.1) is 13.2 Å². The van der Waals surface area contributed by atoms with Crippen LogP contribution in [0.5, 0.6) is 0 Å². The second-order valence-electron chi connectivity index (χ2n) is 14.8. The van der Waals surface area contributed by atoms with E-state index in [1.54, 1.807) is 0 Å². The van der Waals surface area contributed by atoms with Gasteiger partial charge in [-0.2, -0.15) is 0 Å². The summed E-state index contributed by atoms with van der Waals surface area (Å²) in [4.78, 5) is 37.0. The summed E-state index contributed by atoms with van der Waals surface area (Å²) in [6, 6.07) is 0. The molecule has 0 aromatic heterocycles. The summed E-state index contributed by atoms with van der Waals surface area (Å²) in [5, 5.41) is 0. The van der Waals surface area contributed by atoms with Crippen molar-refractivity contribution in [1.29, 1.82) is 0 Å². The van der Waals surface area contributed by atoms with Crippen molar-refractivity contribution in [3.8, 4) is 0 Å². The van der Waals surface area contributed by atoms with Gasteiger partial charge in [0, 0.05) is 19.4 Å². The predicted molar refractivity (Wildman–Crippen MR) is 229 cm³/mol. The number of esters is 2. The monoisotopic (exact) mass is 796 g/mol. The average molecular weight is 796 g/mol. The van der Waals surface area contributed by atoms with Gasteiger partial charge in [0.1, 0.15) is 6.61 Å². The van der Waals surface area contributed by atoms with Crippen LogP contribution in [0.3, 0.4) is 0 Å². The maximum absolute atomic E-state index is 12.6. The summed E-state index contributed by atoms with van der Waals surface area (Å²) >= 11 is 0. The van der Waals surface area contributed by atoms with Crippen molar-refractivity contribution in [1.82, 2.24) is 4.90 Å². The third kappa shape index (κ3) is 41.4. The normalized spacial score (nSPS) is 13.9. The lowest BCUT2D eigenvalue weighted by Gasteiger charge is -2.20. The Bertz CT molecular complexity index is 1060. The molecule has 0 bridgehead atoms. The molecule has 0 amide bonds. The van der Waals surface area contributed by atoms with E-state index in [0.717, 1.165) is 70.6 Å². The Morgan fingerprint density at radius 3 is 1.55 bits per heavy atom. The maximum Gasteiger partial charge on any atom is 0.472 e. The molecule has 0 aliphatic heterocycles. The molecule has 2 atom stereocenters. The van der Waals surface area contributed by atoms with Gasteiger partial charge in [-0.25, -0.2) is 4.57 Å². The summed E-state index contributed by atoms with van der Waals surface area (Å²) in [6.45, 7) is 4.18. The Hall–Kier alpha value is -2.03. The zero-order chi connectivity index (χ0) is 40.5. The summed E-state index contributed by atoms with van der Waals surface area (Å²) in [5.41, 5.74) is 0. The number of ether oxygens (including phenoxy) is 2. The minimum absolute atomic E-state index is 0.00174. The minimum atomic E-state index is -4.37. The maximum atomic E-state index is 12.6. The first kappa shape index (κ1) is 53.0. The molecule has 0 aliphatic rings. The van der Waals surface area contributed by atoms with Crippen molar-refractivity contribution in [3.63, 3.8) is 0 Å². The number of rotatable bonds is 40. The Kier molecular flexibility index (Phi) is 38.7. The molecule has 10 heteroatoms. The van der Waals surface area contributed by atoms with Crippen LogP contribution in [0.4, 0.5) is 0 Å². The molecular formula is C45H82NO8P. The van der Waals surface area contributed by atoms with E-state index in [1.165, 1.54) is 77.0 Å². The highest BCUT2D eigenvalue weighted by atomic mass is 31.2. The SMILES string of the molecule is CC/C=C\C/C=C\C/C=C\C/C=C\CCCCCCC(=O)OC(COC(=O)CCCCCCCCCCCCCCCCC)COP(=O)(O)OCCN(C)C. The van der Waals surface area contributed by atoms with Crippen LogP contribution in [-0.2, 0) is 32.7 Å². The van der Waals surface area contributed by atoms with Crippen LogP contribution in [0.1, 0.15) is 181 Å². The van der Waals surface area contributed by atoms with E-state index in [4.69, 9.17) is 18.5 Å². The Morgan fingerprint density at radius 2 is 1.04 bits per heavy atom. The molecule has 0 saturated heterocycles. The molecule has 9 nitrogen and oxygen atoms in total. The first-order chi connectivity index (χ1) is 26.7. The molecule has 0 aromatic carbocycles. The van der Waals surface area contributed by atoms with Gasteiger partial charge in [0.2, 0.25) is 0 Å². The molecule has 55 heavy (non-hydrogen) atoms. The summed E-state index contributed by atoms with van der Waals surface area (Å²) in [7, 11) is -0.726. The van der Waals surface area contributed by atoms with Crippen LogP contribution in [0.15, 0.2) is 48.6 Å². The fourth-order valence-electron chi connectivity index (χ4n) is 5.80. The molecule has 0 spiro atoms. The Labute approximate surface area is 337 Å². The molecule has 0 radical (unpaired) electrons. The smallest absolute Gasteiger partial charge is 0.462 e. The first-order valence-corrected chi connectivity index (χ1v) is 23.4. The van der Waals surface area contributed by atoms with Crippen LogP contribution in [-0.4, -0.2) is 68.3 Å². The topological polar surface area (TPSA) is 112 Å². The van der Waals surface area contributed by atoms with Crippen molar-refractivity contribution in [2.24, 2.45) is 0 Å². The highest BCUT2D eigenvalue weighted by Crippen LogP contribution is 2.43. The van der Waals surface area contributed by atoms with Gasteiger partial charge >= 0.3 is 19.8 Å². The van der Waals surface area contributed by atoms with Crippen LogP contribution < -0.4 is 0 Å². The summed E-state index contributed by atoms with van der Waals surface area (Å²) < 4.78 is 33.5. The van der Waals surface area contributed by atoms with Gasteiger partial charge in [-0.1, -0.05) is 165 Å². The zero-order valence-corrected chi connectivity index (χ0v) is 36.5. The van der Waals surface area contributed by atoms with Crippen LogP contribution in [0.2, 0.25) is 0 Å². The summed E-state index contributed by atoms with van der Waals surface area (Å²) in [5.74, 6) is -0.828. The molecule has 0 heterocycles. The predicted octanol–water partition coefficient (Wildman–Crippen LogP) is 12.5. The fraction of sp³-hybridized carbons (Fsp3) is 0.778. The van der Waals surface area contributed by atoms with Gasteiger partial charge in [-0.3, -0.25) is 18.6 Å². The number of phosphoric acid groups is 1. The number of allylic oxidation sites excluding steroid dienone is 8. The van der Waals surface area contributed by atoms with E-state index < -0.39 is 26.5 Å². The van der Waals surface area contributed by atoms with E-state index in [9.17, 15) is 19.0 Å². The highest BCUT2D eigenvalue weighted by molar-refractivity contribution is 7.47. The number of phosphoric ester groups is 1. The fourth-order valence-corrected chi connectivity index (χ4v) is 6.54. The van der Waals surface area contributed by atoms with Crippen LogP contribution in [0.25, 0.3) is 0 Å². The molecule has 1 N–H and O–H groups in total. The Balaban J connectivity index is 4.33. The van der Waals surface area contributed by atoms with E-state index in [-0.39, 0.29) is 32.0 Å². The van der Waals surface area contributed by atoms with Crippen molar-refractivity contribution >= 4 is 19.8 Å². The minimum Gasteiger partial charge on any atom is -0.462 e. The number of carbonyl (C=O) groups is 2. The Morgan fingerprint density at radius 1 is 0.582 bits per heavy atom. The first-order valence-electron chi connectivity index (χ1n) is 21.9. The average Bonchev–Trinajstić information content (AvgIpc) is 3.15. The molecule has 0 rings (SSSR count). The molecule has 0 fully saturated rings. The van der Waals surface area contributed by atoms with Crippen molar-refractivity contribution < 1.29 is 37.6 Å². The third-order valence-electron chi connectivity index (χ3n) is 9.15. The molecule has 0 aliphatic carbocycles. The van der Waals surface area contributed by atoms with Gasteiger partial charge in [0.25, 0.3) is 0 Å². The molecular weight excluding hydrogens is 713 g/mol. The van der Waals surface area contributed by atoms with E-state index in [0.29, 0.717) is 13.0 Å². The van der Waals surface area contributed by atoms with Gasteiger partial charge in [0.15, 0.2) is 6.10 Å². The van der Waals surface area contributed by atoms with Gasteiger partial charge < -0.3 is 19.3 Å². The van der Waals surface area contributed by atoms with E-state index >= 15 is 0 Å². The lowest BCUT2D eigenvalue weighted by Crippen LogP contribution is -2.29. The van der Waals surface area contributed by atoms with Crippen molar-refractivity contribution in [3.05, 3.63) is 48.6 Å². The lowest BCUT2D eigenvalue weighted by molar-refractivity contribution is -0.161. The van der Waals surface area contributed by atoms with E-state index in [2.05, 4.69) is 62.5 Å². The van der Waals surface area contributed by atoms with Crippen LogP contribution in [0, 0.1) is 0 Å². The molecule has 0 saturated carbocycles. The third-order valence-corrected chi connectivity index (χ3v) is 10.1. The number of likely N-dealkylation sites (N-methyl/N-ethyl adjacent to an activating group) is 1. The zero-order valence-electron chi connectivity index (χ0n) is 35.6. The quantitative estimate of drug-likeness (QED) is 0.0280. The number of hydrogen-bond acceptors (Lipinski definition) is 8.